The molecule has 0 atom stereocenters. The van der Waals surface area contributed by atoms with Crippen molar-refractivity contribution in [2.45, 2.75) is 6.42 Å². The number of imidazole rings is 1. The minimum Gasteiger partial charge on any atom is -0.335 e. The molecule has 1 heterocycles. The van der Waals surface area contributed by atoms with Gasteiger partial charge < -0.3 is 4.57 Å². The molecule has 0 aliphatic carbocycles. The van der Waals surface area contributed by atoms with Gasteiger partial charge >= 0.3 is 0 Å². The molecule has 4 heteroatoms. The van der Waals surface area contributed by atoms with Crippen LogP contribution in [-0.2, 0) is 13.5 Å². The van der Waals surface area contributed by atoms with Gasteiger partial charge in [-0.1, -0.05) is 11.6 Å². The van der Waals surface area contributed by atoms with Crippen LogP contribution in [0.4, 0.5) is 0 Å². The van der Waals surface area contributed by atoms with E-state index in [0.29, 0.717) is 11.6 Å². The molecule has 52 valence electrons. The van der Waals surface area contributed by atoms with Crippen molar-refractivity contribution < 1.29 is 0 Å². The Bertz CT molecular complexity index is 252. The van der Waals surface area contributed by atoms with E-state index in [1.165, 1.54) is 0 Å². The summed E-state index contributed by atoms with van der Waals surface area (Å²) in [6.07, 6.45) is 1.91. The Kier molecular flexibility index (Phi) is 1.93. The molecule has 0 saturated heterocycles. The minimum atomic E-state index is 0.315. The molecule has 0 aliphatic rings. The fourth-order valence-electron chi connectivity index (χ4n) is 0.700. The average Bonchev–Trinajstić information content (AvgIpc) is 2.20. The Labute approximate surface area is 63.9 Å². The quantitative estimate of drug-likeness (QED) is 0.610. The first-order chi connectivity index (χ1) is 4.75. The topological polar surface area (TPSA) is 41.6 Å². The van der Waals surface area contributed by atoms with Gasteiger partial charge in [-0.05, 0) is 0 Å². The molecule has 3 nitrogen and oxygen atoms in total. The van der Waals surface area contributed by atoms with Crippen LogP contribution in [0.1, 0.15) is 5.69 Å². The lowest BCUT2D eigenvalue weighted by atomic mass is 10.3. The van der Waals surface area contributed by atoms with Gasteiger partial charge in [0.1, 0.15) is 0 Å². The van der Waals surface area contributed by atoms with Crippen molar-refractivity contribution in [1.29, 1.82) is 5.26 Å². The average molecular weight is 156 g/mol. The second-order valence-corrected chi connectivity index (χ2v) is 2.29. The lowest BCUT2D eigenvalue weighted by molar-refractivity contribution is 0.854. The number of nitriles is 1. The third kappa shape index (κ3) is 1.12. The van der Waals surface area contributed by atoms with Crippen LogP contribution in [0.5, 0.6) is 0 Å². The molecule has 0 aliphatic heterocycles. The molecule has 0 amide bonds. The molecule has 0 aromatic carbocycles. The number of aryl methyl sites for hydroxylation is 1. The first kappa shape index (κ1) is 7.10. The highest BCUT2D eigenvalue weighted by Crippen LogP contribution is 2.11. The molecular weight excluding hydrogens is 150 g/mol. The Morgan fingerprint density at radius 1 is 1.90 bits per heavy atom. The van der Waals surface area contributed by atoms with E-state index in [1.54, 1.807) is 10.9 Å². The maximum Gasteiger partial charge on any atom is 0.151 e. The molecule has 1 rings (SSSR count). The van der Waals surface area contributed by atoms with Gasteiger partial charge in [0, 0.05) is 7.05 Å². The van der Waals surface area contributed by atoms with Crippen molar-refractivity contribution in [2.75, 3.05) is 0 Å². The van der Waals surface area contributed by atoms with Gasteiger partial charge in [-0.2, -0.15) is 5.26 Å². The number of rotatable bonds is 1. The summed E-state index contributed by atoms with van der Waals surface area (Å²) in [7, 11) is 1.81. The fraction of sp³-hybridized carbons (Fsp3) is 0.333. The van der Waals surface area contributed by atoms with E-state index in [9.17, 15) is 0 Å². The third-order valence-corrected chi connectivity index (χ3v) is 1.57. The second-order valence-electron chi connectivity index (χ2n) is 1.93. The monoisotopic (exact) mass is 155 g/mol. The maximum absolute atomic E-state index is 8.34. The summed E-state index contributed by atoms with van der Waals surface area (Å²) in [5, 5.41) is 8.76. The zero-order valence-corrected chi connectivity index (χ0v) is 6.26. The summed E-state index contributed by atoms with van der Waals surface area (Å²) in [6.45, 7) is 0. The fourth-order valence-corrected chi connectivity index (χ4v) is 0.943. The summed E-state index contributed by atoms with van der Waals surface area (Å²) < 4.78 is 1.74. The Morgan fingerprint density at radius 2 is 2.60 bits per heavy atom. The first-order valence-corrected chi connectivity index (χ1v) is 3.16. The summed E-state index contributed by atoms with van der Waals surface area (Å²) in [6, 6.07) is 2.01. The van der Waals surface area contributed by atoms with Crippen molar-refractivity contribution in [1.82, 2.24) is 9.55 Å². The van der Waals surface area contributed by atoms with E-state index in [1.807, 2.05) is 13.1 Å². The van der Waals surface area contributed by atoms with E-state index >= 15 is 0 Å². The zero-order chi connectivity index (χ0) is 7.56. The highest BCUT2D eigenvalue weighted by Gasteiger charge is 2.03. The van der Waals surface area contributed by atoms with Gasteiger partial charge in [0.15, 0.2) is 5.15 Å². The molecule has 0 spiro atoms. The van der Waals surface area contributed by atoms with Crippen molar-refractivity contribution in [3.8, 4) is 6.07 Å². The van der Waals surface area contributed by atoms with E-state index in [4.69, 9.17) is 16.9 Å². The van der Waals surface area contributed by atoms with Crippen LogP contribution in [0, 0.1) is 11.3 Å². The van der Waals surface area contributed by atoms with Crippen LogP contribution in [-0.4, -0.2) is 9.55 Å². The molecule has 0 fully saturated rings. The van der Waals surface area contributed by atoms with Crippen LogP contribution in [0.2, 0.25) is 5.15 Å². The van der Waals surface area contributed by atoms with E-state index < -0.39 is 0 Å². The molecule has 1 aromatic heterocycles. The third-order valence-electron chi connectivity index (χ3n) is 1.25. The Balaban J connectivity index is 3.01. The summed E-state index contributed by atoms with van der Waals surface area (Å²) in [5.41, 5.74) is 0.768. The summed E-state index contributed by atoms with van der Waals surface area (Å²) in [5.74, 6) is 0. The van der Waals surface area contributed by atoms with Gasteiger partial charge in [0.05, 0.1) is 24.5 Å². The molecule has 0 saturated carbocycles. The Hall–Kier alpha value is -1.01. The Morgan fingerprint density at radius 3 is 3.00 bits per heavy atom. The maximum atomic E-state index is 8.34. The molecular formula is C6H6ClN3. The van der Waals surface area contributed by atoms with Crippen molar-refractivity contribution in [3.63, 3.8) is 0 Å². The normalized spacial score (nSPS) is 9.30. The minimum absolute atomic E-state index is 0.315. The number of halogens is 1. The molecule has 0 unspecified atom stereocenters. The van der Waals surface area contributed by atoms with Crippen LogP contribution < -0.4 is 0 Å². The SMILES string of the molecule is Cn1cnc(Cl)c1CC#N. The van der Waals surface area contributed by atoms with Crippen LogP contribution in [0.25, 0.3) is 0 Å². The van der Waals surface area contributed by atoms with E-state index in [0.717, 1.165) is 5.69 Å². The highest BCUT2D eigenvalue weighted by molar-refractivity contribution is 6.30. The highest BCUT2D eigenvalue weighted by atomic mass is 35.5. The summed E-state index contributed by atoms with van der Waals surface area (Å²) in [4.78, 5) is 3.81. The van der Waals surface area contributed by atoms with Gasteiger partial charge in [-0.3, -0.25) is 0 Å². The van der Waals surface area contributed by atoms with Crippen molar-refractivity contribution in [3.05, 3.63) is 17.2 Å². The molecule has 0 N–H and O–H groups in total. The predicted octanol–water partition coefficient (Wildman–Crippen LogP) is 1.14. The van der Waals surface area contributed by atoms with Crippen LogP contribution in [0.15, 0.2) is 6.33 Å². The van der Waals surface area contributed by atoms with Gasteiger partial charge in [-0.25, -0.2) is 4.98 Å². The smallest absolute Gasteiger partial charge is 0.151 e. The van der Waals surface area contributed by atoms with Crippen LogP contribution in [0.3, 0.4) is 0 Å². The standard InChI is InChI=1S/C6H6ClN3/c1-10-4-9-6(7)5(10)2-3-8/h4H,2H2,1H3. The lowest BCUT2D eigenvalue weighted by Crippen LogP contribution is -1.93. The van der Waals surface area contributed by atoms with E-state index in [-0.39, 0.29) is 0 Å². The van der Waals surface area contributed by atoms with Gasteiger partial charge in [0.2, 0.25) is 0 Å². The number of nitrogens with zero attached hydrogens (tertiary/aromatic N) is 3. The van der Waals surface area contributed by atoms with E-state index in [2.05, 4.69) is 4.98 Å². The number of hydrogen-bond acceptors (Lipinski definition) is 2. The zero-order valence-electron chi connectivity index (χ0n) is 5.50. The molecule has 0 radical (unpaired) electrons. The van der Waals surface area contributed by atoms with Gasteiger partial charge in [-0.15, -0.1) is 0 Å². The largest absolute Gasteiger partial charge is 0.335 e. The van der Waals surface area contributed by atoms with Crippen molar-refractivity contribution in [2.24, 2.45) is 7.05 Å². The molecule has 1 aromatic rings. The summed E-state index contributed by atoms with van der Waals surface area (Å²) >= 11 is 5.64. The lowest BCUT2D eigenvalue weighted by Gasteiger charge is -1.93. The first-order valence-electron chi connectivity index (χ1n) is 2.78. The molecule has 0 bridgehead atoms. The second kappa shape index (κ2) is 2.72. The number of hydrogen-bond donors (Lipinski definition) is 0. The predicted molar refractivity (Wildman–Crippen MR) is 37.5 cm³/mol. The number of aromatic nitrogens is 2. The van der Waals surface area contributed by atoms with Crippen molar-refractivity contribution >= 4 is 11.6 Å². The van der Waals surface area contributed by atoms with Gasteiger partial charge in [0.25, 0.3) is 0 Å². The van der Waals surface area contributed by atoms with Crippen LogP contribution >= 0.6 is 11.6 Å². The molecule has 10 heavy (non-hydrogen) atoms.